The normalized spacial score (nSPS) is 48.0. The first kappa shape index (κ1) is 20.3. The zero-order chi connectivity index (χ0) is 20.5. The van der Waals surface area contributed by atoms with Crippen LogP contribution in [0.25, 0.3) is 0 Å². The maximum Gasteiger partial charge on any atom is 0.182 e. The number of nitrogens with zero attached hydrogens (tertiary/aromatic N) is 1. The van der Waals surface area contributed by atoms with Gasteiger partial charge in [-0.15, -0.1) is 5.16 Å². The third-order valence-electron chi connectivity index (χ3n) is 8.65. The smallest absolute Gasteiger partial charge is 0.182 e. The van der Waals surface area contributed by atoms with E-state index in [4.69, 9.17) is 0 Å². The van der Waals surface area contributed by atoms with Gasteiger partial charge in [-0.2, -0.15) is 0 Å². The summed E-state index contributed by atoms with van der Waals surface area (Å²) in [6.45, 7) is 3.49. The van der Waals surface area contributed by atoms with Crippen LogP contribution in [0.3, 0.4) is 0 Å². The van der Waals surface area contributed by atoms with Crippen LogP contribution in [0, 0.1) is 34.5 Å². The molecule has 28 heavy (non-hydrogen) atoms. The van der Waals surface area contributed by atoms with Gasteiger partial charge in [0.2, 0.25) is 0 Å². The Morgan fingerprint density at radius 2 is 1.89 bits per heavy atom. The molecule has 0 heterocycles. The van der Waals surface area contributed by atoms with Crippen molar-refractivity contribution in [2.75, 3.05) is 0 Å². The molecule has 6 N–H and O–H groups in total. The van der Waals surface area contributed by atoms with Crippen molar-refractivity contribution in [2.24, 2.45) is 39.7 Å². The van der Waals surface area contributed by atoms with Crippen molar-refractivity contribution in [1.29, 1.82) is 0 Å². The molecule has 0 amide bonds. The molecule has 7 nitrogen and oxygen atoms in total. The van der Waals surface area contributed by atoms with Gasteiger partial charge in [0.1, 0.15) is 0 Å². The van der Waals surface area contributed by atoms with E-state index in [9.17, 15) is 30.7 Å². The summed E-state index contributed by atoms with van der Waals surface area (Å²) in [5.41, 5.74) is -0.0481. The molecule has 0 saturated heterocycles. The second-order valence-electron chi connectivity index (χ2n) is 10.2. The summed E-state index contributed by atoms with van der Waals surface area (Å²) in [4.78, 5) is 0. The standard InChI is InChI=1S/C21H33NO6/c1-18-7-8-21(26,27)9-12(18)3-4-13-14-5-6-16(19(2,24)25)20(14,11-22-28)10-15(23)17(13)18/h9,11,13-17,23-28H,3-8,10H2,1-2H3/t13-,14-,15-,16+,17+,18-,20+/m0/s1. The van der Waals surface area contributed by atoms with E-state index in [1.54, 1.807) is 6.08 Å². The average Bonchev–Trinajstić information content (AvgIpc) is 2.94. The largest absolute Gasteiger partial charge is 0.411 e. The van der Waals surface area contributed by atoms with Crippen LogP contribution in [0.4, 0.5) is 0 Å². The summed E-state index contributed by atoms with van der Waals surface area (Å²) in [7, 11) is 0. The molecule has 0 bridgehead atoms. The number of rotatable bonds is 2. The highest BCUT2D eigenvalue weighted by Gasteiger charge is 2.66. The molecule has 0 aliphatic heterocycles. The molecule has 0 aromatic carbocycles. The van der Waals surface area contributed by atoms with Crippen molar-refractivity contribution >= 4 is 6.21 Å². The minimum absolute atomic E-state index is 0.0313. The van der Waals surface area contributed by atoms with Crippen LogP contribution in [0.1, 0.15) is 58.8 Å². The highest BCUT2D eigenvalue weighted by Crippen LogP contribution is 2.67. The number of fused-ring (bicyclic) bond motifs is 5. The Morgan fingerprint density at radius 3 is 2.54 bits per heavy atom. The van der Waals surface area contributed by atoms with Gasteiger partial charge < -0.3 is 30.7 Å². The van der Waals surface area contributed by atoms with Crippen molar-refractivity contribution in [3.05, 3.63) is 11.6 Å². The first-order chi connectivity index (χ1) is 12.9. The predicted molar refractivity (Wildman–Crippen MR) is 101 cm³/mol. The monoisotopic (exact) mass is 395 g/mol. The molecule has 4 aliphatic carbocycles. The third-order valence-corrected chi connectivity index (χ3v) is 8.65. The van der Waals surface area contributed by atoms with Crippen LogP contribution < -0.4 is 0 Å². The molecule has 4 rings (SSSR count). The number of hydrogen-bond donors (Lipinski definition) is 6. The Kier molecular flexibility index (Phi) is 4.53. The van der Waals surface area contributed by atoms with Crippen molar-refractivity contribution < 1.29 is 30.7 Å². The quantitative estimate of drug-likeness (QED) is 0.137. The fourth-order valence-electron chi connectivity index (χ4n) is 7.66. The van der Waals surface area contributed by atoms with Crippen LogP contribution in [-0.4, -0.2) is 54.6 Å². The average molecular weight is 395 g/mol. The molecule has 3 fully saturated rings. The number of hydrogen-bond acceptors (Lipinski definition) is 7. The maximum absolute atomic E-state index is 11.3. The fourth-order valence-corrected chi connectivity index (χ4v) is 7.66. The van der Waals surface area contributed by atoms with E-state index in [2.05, 4.69) is 12.1 Å². The minimum atomic E-state index is -1.91. The van der Waals surface area contributed by atoms with E-state index in [0.29, 0.717) is 19.3 Å². The topological polar surface area (TPSA) is 134 Å². The Balaban J connectivity index is 1.75. The van der Waals surface area contributed by atoms with Crippen molar-refractivity contribution in [1.82, 2.24) is 0 Å². The summed E-state index contributed by atoms with van der Waals surface area (Å²) in [6.07, 6.45) is 6.40. The van der Waals surface area contributed by atoms with Crippen LogP contribution in [0.2, 0.25) is 0 Å². The molecule has 0 aromatic rings. The van der Waals surface area contributed by atoms with Gasteiger partial charge in [0.05, 0.1) is 12.3 Å². The Hall–Kier alpha value is -0.990. The molecule has 7 heteroatoms. The molecule has 4 aliphatic rings. The molecular formula is C21H33NO6. The molecule has 0 unspecified atom stereocenters. The lowest BCUT2D eigenvalue weighted by atomic mass is 9.45. The molecule has 0 spiro atoms. The van der Waals surface area contributed by atoms with E-state index in [-0.39, 0.29) is 29.6 Å². The third kappa shape index (κ3) is 2.78. The Labute approximate surface area is 165 Å². The van der Waals surface area contributed by atoms with Gasteiger partial charge in [0.15, 0.2) is 11.6 Å². The van der Waals surface area contributed by atoms with E-state index in [0.717, 1.165) is 24.8 Å². The first-order valence-corrected chi connectivity index (χ1v) is 10.4. The van der Waals surface area contributed by atoms with E-state index in [1.165, 1.54) is 13.1 Å². The summed E-state index contributed by atoms with van der Waals surface area (Å²) >= 11 is 0. The Morgan fingerprint density at radius 1 is 1.18 bits per heavy atom. The molecule has 0 aromatic heterocycles. The lowest BCUT2D eigenvalue weighted by Gasteiger charge is -2.60. The SMILES string of the molecule is CC(O)(O)[C@H]1CC[C@H]2[C@@H]3CCC4=CC(O)(O)CC[C@]4(C)[C@H]3[C@@H](O)C[C@]12C=NO. The summed E-state index contributed by atoms with van der Waals surface area (Å²) < 4.78 is 0. The highest BCUT2D eigenvalue weighted by molar-refractivity contribution is 5.68. The fraction of sp³-hybridized carbons (Fsp3) is 0.857. The zero-order valence-electron chi connectivity index (χ0n) is 16.6. The minimum Gasteiger partial charge on any atom is -0.411 e. The van der Waals surface area contributed by atoms with Crippen LogP contribution >= 0.6 is 0 Å². The second-order valence-corrected chi connectivity index (χ2v) is 10.2. The Bertz CT molecular complexity index is 697. The highest BCUT2D eigenvalue weighted by atomic mass is 16.5. The van der Waals surface area contributed by atoms with Crippen LogP contribution in [0.5, 0.6) is 0 Å². The van der Waals surface area contributed by atoms with Crippen molar-refractivity contribution in [3.8, 4) is 0 Å². The van der Waals surface area contributed by atoms with E-state index >= 15 is 0 Å². The number of oxime groups is 1. The number of aliphatic hydroxyl groups is 5. The predicted octanol–water partition coefficient (Wildman–Crippen LogP) is 1.36. The van der Waals surface area contributed by atoms with Gasteiger partial charge >= 0.3 is 0 Å². The van der Waals surface area contributed by atoms with E-state index < -0.39 is 29.0 Å². The van der Waals surface area contributed by atoms with Crippen molar-refractivity contribution in [3.63, 3.8) is 0 Å². The summed E-state index contributed by atoms with van der Waals surface area (Å²) in [6, 6.07) is 0. The van der Waals surface area contributed by atoms with Gasteiger partial charge in [-0.05, 0) is 74.7 Å². The summed E-state index contributed by atoms with van der Waals surface area (Å²) in [5, 5.41) is 65.0. The molecule has 7 atom stereocenters. The molecule has 3 saturated carbocycles. The lowest BCUT2D eigenvalue weighted by Crippen LogP contribution is -2.60. The molecule has 0 radical (unpaired) electrons. The number of aliphatic hydroxyl groups excluding tert-OH is 1. The van der Waals surface area contributed by atoms with E-state index in [1.807, 2.05) is 0 Å². The lowest BCUT2D eigenvalue weighted by molar-refractivity contribution is -0.218. The van der Waals surface area contributed by atoms with Crippen LogP contribution in [0.15, 0.2) is 16.8 Å². The van der Waals surface area contributed by atoms with Gasteiger partial charge in [0, 0.05) is 17.8 Å². The zero-order valence-corrected chi connectivity index (χ0v) is 16.6. The van der Waals surface area contributed by atoms with Gasteiger partial charge in [-0.3, -0.25) is 0 Å². The van der Waals surface area contributed by atoms with Crippen LogP contribution in [-0.2, 0) is 0 Å². The maximum atomic E-state index is 11.3. The van der Waals surface area contributed by atoms with Gasteiger partial charge in [-0.1, -0.05) is 12.5 Å². The second kappa shape index (κ2) is 6.25. The van der Waals surface area contributed by atoms with Gasteiger partial charge in [0.25, 0.3) is 0 Å². The summed E-state index contributed by atoms with van der Waals surface area (Å²) in [5.74, 6) is -3.98. The number of allylic oxidation sites excluding steroid dienone is 1. The first-order valence-electron chi connectivity index (χ1n) is 10.4. The molecular weight excluding hydrogens is 362 g/mol. The molecule has 158 valence electrons. The van der Waals surface area contributed by atoms with Crippen molar-refractivity contribution in [2.45, 2.75) is 76.5 Å². The van der Waals surface area contributed by atoms with Gasteiger partial charge in [-0.25, -0.2) is 0 Å².